The molecule has 0 bridgehead atoms. The summed E-state index contributed by atoms with van der Waals surface area (Å²) >= 11 is 6.91. The van der Waals surface area contributed by atoms with Gasteiger partial charge in [-0.05, 0) is 73.1 Å². The van der Waals surface area contributed by atoms with Crippen molar-refractivity contribution in [3.05, 3.63) is 93.3 Å². The summed E-state index contributed by atoms with van der Waals surface area (Å²) in [5.41, 5.74) is 3.43. The number of hydrogen-bond acceptors (Lipinski definition) is 5. The molecule has 0 aromatic heterocycles. The molecule has 1 aliphatic rings. The van der Waals surface area contributed by atoms with Crippen LogP contribution in [0.3, 0.4) is 0 Å². The molecule has 3 aromatic carbocycles. The number of anilines is 1. The van der Waals surface area contributed by atoms with E-state index in [2.05, 4.69) is 0 Å². The summed E-state index contributed by atoms with van der Waals surface area (Å²) in [6.07, 6.45) is 1.68. The number of halogens is 1. The van der Waals surface area contributed by atoms with Gasteiger partial charge in [0.05, 0.1) is 17.2 Å². The van der Waals surface area contributed by atoms with Crippen LogP contribution in [0.4, 0.5) is 10.5 Å². The molecule has 1 saturated heterocycles. The van der Waals surface area contributed by atoms with E-state index in [0.29, 0.717) is 40.3 Å². The zero-order valence-corrected chi connectivity index (χ0v) is 19.8. The molecule has 1 heterocycles. The first-order valence-electron chi connectivity index (χ1n) is 10.4. The molecule has 0 saturated carbocycles. The van der Waals surface area contributed by atoms with Crippen molar-refractivity contribution in [2.45, 2.75) is 20.5 Å². The van der Waals surface area contributed by atoms with Gasteiger partial charge in [-0.3, -0.25) is 9.59 Å². The van der Waals surface area contributed by atoms with E-state index in [0.717, 1.165) is 27.8 Å². The number of nitrogens with zero attached hydrogens (tertiary/aromatic N) is 1. The number of carbonyl (C=O) groups is 2. The summed E-state index contributed by atoms with van der Waals surface area (Å²) in [6, 6.07) is 20.3. The standard InChI is InChI=1S/C26H22ClNO4S/c1-3-31-23-13-19(11-12-22(23)32-16-18-9-7-17(2)8-10-18)14-24-25(29)28(26(30)33-24)21-6-4-5-20(27)15-21/h4-15H,3,16H2,1-2H3/b24-14+. The highest BCUT2D eigenvalue weighted by molar-refractivity contribution is 8.19. The van der Waals surface area contributed by atoms with Crippen molar-refractivity contribution in [3.63, 3.8) is 0 Å². The van der Waals surface area contributed by atoms with E-state index in [1.54, 1.807) is 36.4 Å². The minimum Gasteiger partial charge on any atom is -0.490 e. The highest BCUT2D eigenvalue weighted by Crippen LogP contribution is 2.37. The Balaban J connectivity index is 1.55. The fraction of sp³-hybridized carbons (Fsp3) is 0.154. The predicted octanol–water partition coefficient (Wildman–Crippen LogP) is 6.87. The zero-order valence-electron chi connectivity index (χ0n) is 18.2. The Morgan fingerprint density at radius 2 is 1.76 bits per heavy atom. The molecule has 0 N–H and O–H groups in total. The number of rotatable bonds is 7. The molecule has 4 rings (SSSR count). The minimum atomic E-state index is -0.384. The van der Waals surface area contributed by atoms with Crippen LogP contribution in [0.2, 0.25) is 5.02 Å². The smallest absolute Gasteiger partial charge is 0.298 e. The van der Waals surface area contributed by atoms with Crippen LogP contribution in [-0.4, -0.2) is 17.8 Å². The average molecular weight is 480 g/mol. The first-order chi connectivity index (χ1) is 15.9. The molecule has 0 atom stereocenters. The molecule has 168 valence electrons. The van der Waals surface area contributed by atoms with Gasteiger partial charge in [-0.15, -0.1) is 0 Å². The van der Waals surface area contributed by atoms with Crippen molar-refractivity contribution < 1.29 is 19.1 Å². The van der Waals surface area contributed by atoms with Gasteiger partial charge < -0.3 is 9.47 Å². The monoisotopic (exact) mass is 479 g/mol. The zero-order chi connectivity index (χ0) is 23.4. The number of hydrogen-bond donors (Lipinski definition) is 0. The van der Waals surface area contributed by atoms with Gasteiger partial charge >= 0.3 is 0 Å². The molecule has 1 fully saturated rings. The van der Waals surface area contributed by atoms with Gasteiger partial charge in [0, 0.05) is 5.02 Å². The number of amides is 2. The van der Waals surface area contributed by atoms with Gasteiger partial charge in [0.25, 0.3) is 11.1 Å². The van der Waals surface area contributed by atoms with E-state index in [4.69, 9.17) is 21.1 Å². The predicted molar refractivity (Wildman–Crippen MR) is 133 cm³/mol. The Morgan fingerprint density at radius 1 is 0.970 bits per heavy atom. The highest BCUT2D eigenvalue weighted by Gasteiger charge is 2.36. The number of benzene rings is 3. The molecular weight excluding hydrogens is 458 g/mol. The van der Waals surface area contributed by atoms with Crippen LogP contribution in [0, 0.1) is 6.92 Å². The van der Waals surface area contributed by atoms with Crippen molar-refractivity contribution in [3.8, 4) is 11.5 Å². The number of carbonyl (C=O) groups excluding carboxylic acids is 2. The molecule has 0 aliphatic carbocycles. The topological polar surface area (TPSA) is 55.8 Å². The lowest BCUT2D eigenvalue weighted by atomic mass is 10.1. The fourth-order valence-corrected chi connectivity index (χ4v) is 4.33. The van der Waals surface area contributed by atoms with E-state index < -0.39 is 0 Å². The van der Waals surface area contributed by atoms with Crippen LogP contribution in [0.5, 0.6) is 11.5 Å². The van der Waals surface area contributed by atoms with Gasteiger partial charge in [0.15, 0.2) is 11.5 Å². The van der Waals surface area contributed by atoms with Gasteiger partial charge in [-0.25, -0.2) is 4.90 Å². The Kier molecular flexibility index (Phi) is 7.06. The van der Waals surface area contributed by atoms with Gasteiger partial charge in [0.1, 0.15) is 6.61 Å². The Labute approximate surface area is 202 Å². The third-order valence-electron chi connectivity index (χ3n) is 4.94. The fourth-order valence-electron chi connectivity index (χ4n) is 3.30. The molecule has 1 aliphatic heterocycles. The van der Waals surface area contributed by atoms with Crippen LogP contribution in [0.25, 0.3) is 6.08 Å². The van der Waals surface area contributed by atoms with E-state index in [1.807, 2.05) is 50.2 Å². The maximum atomic E-state index is 12.9. The second kappa shape index (κ2) is 10.1. The lowest BCUT2D eigenvalue weighted by Crippen LogP contribution is -2.27. The van der Waals surface area contributed by atoms with Crippen molar-refractivity contribution in [2.24, 2.45) is 0 Å². The summed E-state index contributed by atoms with van der Waals surface area (Å²) in [5, 5.41) is 0.0923. The first-order valence-corrected chi connectivity index (χ1v) is 11.6. The number of thioether (sulfide) groups is 1. The molecule has 33 heavy (non-hydrogen) atoms. The maximum absolute atomic E-state index is 12.9. The molecule has 5 nitrogen and oxygen atoms in total. The largest absolute Gasteiger partial charge is 0.490 e. The lowest BCUT2D eigenvalue weighted by Gasteiger charge is -2.13. The third-order valence-corrected chi connectivity index (χ3v) is 6.05. The van der Waals surface area contributed by atoms with Crippen LogP contribution in [0.1, 0.15) is 23.6 Å². The molecule has 0 radical (unpaired) electrons. The second-order valence-corrected chi connectivity index (χ2v) is 8.84. The first kappa shape index (κ1) is 23.0. The molecule has 7 heteroatoms. The Morgan fingerprint density at radius 3 is 2.48 bits per heavy atom. The van der Waals surface area contributed by atoms with Gasteiger partial charge in [-0.1, -0.05) is 53.6 Å². The van der Waals surface area contributed by atoms with Crippen molar-refractivity contribution in [1.82, 2.24) is 0 Å². The number of imide groups is 1. The molecular formula is C26H22ClNO4S. The SMILES string of the molecule is CCOc1cc(/C=C2/SC(=O)N(c3cccc(Cl)c3)C2=O)ccc1OCc1ccc(C)cc1. The van der Waals surface area contributed by atoms with E-state index in [9.17, 15) is 9.59 Å². The van der Waals surface area contributed by atoms with E-state index >= 15 is 0 Å². The highest BCUT2D eigenvalue weighted by atomic mass is 35.5. The summed E-state index contributed by atoms with van der Waals surface area (Å²) in [6.45, 7) is 4.82. The quantitative estimate of drug-likeness (QED) is 0.346. The van der Waals surface area contributed by atoms with Crippen LogP contribution >= 0.6 is 23.4 Å². The Bertz CT molecular complexity index is 1220. The summed E-state index contributed by atoms with van der Waals surface area (Å²) in [5.74, 6) is 0.805. The van der Waals surface area contributed by atoms with Crippen molar-refractivity contribution in [1.29, 1.82) is 0 Å². The second-order valence-electron chi connectivity index (χ2n) is 7.41. The van der Waals surface area contributed by atoms with Crippen molar-refractivity contribution >= 4 is 46.3 Å². The molecule has 0 spiro atoms. The molecule has 2 amide bonds. The Hall–Kier alpha value is -3.22. The third kappa shape index (κ3) is 5.41. The minimum absolute atomic E-state index is 0.329. The maximum Gasteiger partial charge on any atom is 0.298 e. The number of ether oxygens (including phenoxy) is 2. The molecule has 3 aromatic rings. The van der Waals surface area contributed by atoms with Crippen LogP contribution in [0.15, 0.2) is 71.6 Å². The average Bonchev–Trinajstić information content (AvgIpc) is 3.07. The van der Waals surface area contributed by atoms with Crippen LogP contribution in [-0.2, 0) is 11.4 Å². The van der Waals surface area contributed by atoms with E-state index in [-0.39, 0.29) is 11.1 Å². The normalized spacial score (nSPS) is 14.8. The summed E-state index contributed by atoms with van der Waals surface area (Å²) < 4.78 is 11.7. The summed E-state index contributed by atoms with van der Waals surface area (Å²) in [7, 11) is 0. The van der Waals surface area contributed by atoms with Gasteiger partial charge in [-0.2, -0.15) is 0 Å². The number of aryl methyl sites for hydroxylation is 1. The lowest BCUT2D eigenvalue weighted by molar-refractivity contribution is -0.113. The van der Waals surface area contributed by atoms with Crippen LogP contribution < -0.4 is 14.4 Å². The van der Waals surface area contributed by atoms with Gasteiger partial charge in [0.2, 0.25) is 0 Å². The van der Waals surface area contributed by atoms with E-state index in [1.165, 1.54) is 5.56 Å². The van der Waals surface area contributed by atoms with Crippen molar-refractivity contribution in [2.75, 3.05) is 11.5 Å². The summed E-state index contributed by atoms with van der Waals surface area (Å²) in [4.78, 5) is 26.9. The molecule has 0 unspecified atom stereocenters.